The molecule has 3 rings (SSSR count). The highest BCUT2D eigenvalue weighted by atomic mass is 32.1. The summed E-state index contributed by atoms with van der Waals surface area (Å²) in [6.45, 7) is 6.03. The van der Waals surface area contributed by atoms with Crippen LogP contribution in [0.3, 0.4) is 0 Å². The summed E-state index contributed by atoms with van der Waals surface area (Å²) in [5.74, 6) is -2.22. The van der Waals surface area contributed by atoms with Gasteiger partial charge in [-0.15, -0.1) is 10.2 Å². The number of nitrogens with zero attached hydrogens (tertiary/aromatic N) is 3. The van der Waals surface area contributed by atoms with Crippen molar-refractivity contribution in [3.63, 3.8) is 0 Å². The van der Waals surface area contributed by atoms with Crippen LogP contribution < -0.4 is 5.32 Å². The van der Waals surface area contributed by atoms with Crippen molar-refractivity contribution in [2.24, 2.45) is 10.2 Å². The fourth-order valence-electron chi connectivity index (χ4n) is 3.99. The Balaban J connectivity index is 2.05. The van der Waals surface area contributed by atoms with Crippen LogP contribution in [0.5, 0.6) is 5.88 Å². The summed E-state index contributed by atoms with van der Waals surface area (Å²) in [5, 5.41) is 23.1. The highest BCUT2D eigenvalue weighted by Crippen LogP contribution is 2.45. The van der Waals surface area contributed by atoms with Gasteiger partial charge in [0.05, 0.1) is 5.52 Å². The molecule has 0 saturated carbocycles. The molecular weight excluding hydrogens is 504 g/mol. The van der Waals surface area contributed by atoms with Crippen LogP contribution in [0.25, 0.3) is 10.9 Å². The zero-order valence-electron chi connectivity index (χ0n) is 21.0. The second kappa shape index (κ2) is 12.6. The van der Waals surface area contributed by atoms with E-state index in [4.69, 9.17) is 31.2 Å². The molecule has 0 bridgehead atoms. The van der Waals surface area contributed by atoms with E-state index < -0.39 is 42.4 Å². The van der Waals surface area contributed by atoms with Crippen molar-refractivity contribution in [2.45, 2.75) is 65.1 Å². The van der Waals surface area contributed by atoms with Gasteiger partial charge in [0.15, 0.2) is 24.1 Å². The van der Waals surface area contributed by atoms with Crippen LogP contribution in [0, 0.1) is 0 Å². The molecule has 1 fully saturated rings. The Hall–Kier alpha value is -3.58. The molecule has 2 aromatic rings. The molecule has 200 valence electrons. The number of unbranched alkanes of at least 4 members (excludes halogenated alkanes) is 1. The summed E-state index contributed by atoms with van der Waals surface area (Å²) in [7, 11) is 0. The molecule has 0 unspecified atom stereocenters. The summed E-state index contributed by atoms with van der Waals surface area (Å²) in [6, 6.07) is 6.93. The number of ether oxygens (including phenoxy) is 4. The molecule has 2 N–H and O–H groups in total. The van der Waals surface area contributed by atoms with E-state index in [1.54, 1.807) is 24.3 Å². The number of thiocarbonyl (C=S) groups is 1. The van der Waals surface area contributed by atoms with Gasteiger partial charge in [0, 0.05) is 32.7 Å². The van der Waals surface area contributed by atoms with E-state index in [-0.39, 0.29) is 23.3 Å². The number of benzene rings is 1. The van der Waals surface area contributed by atoms with Gasteiger partial charge >= 0.3 is 17.9 Å². The highest BCUT2D eigenvalue weighted by molar-refractivity contribution is 7.80. The third-order valence-electron chi connectivity index (χ3n) is 5.50. The Labute approximate surface area is 218 Å². The largest absolute Gasteiger partial charge is 0.493 e. The number of esters is 3. The molecule has 1 saturated heterocycles. The minimum Gasteiger partial charge on any atom is -0.493 e. The van der Waals surface area contributed by atoms with Crippen LogP contribution in [0.2, 0.25) is 0 Å². The Morgan fingerprint density at radius 3 is 2.43 bits per heavy atom. The van der Waals surface area contributed by atoms with E-state index >= 15 is 0 Å². The van der Waals surface area contributed by atoms with Crippen LogP contribution in [-0.2, 0) is 33.3 Å². The van der Waals surface area contributed by atoms with Crippen LogP contribution in [-0.4, -0.2) is 64.2 Å². The lowest BCUT2D eigenvalue weighted by Crippen LogP contribution is -2.40. The third-order valence-corrected chi connectivity index (χ3v) is 5.73. The minimum absolute atomic E-state index is 0.118. The van der Waals surface area contributed by atoms with E-state index in [2.05, 4.69) is 22.5 Å². The Kier molecular flexibility index (Phi) is 9.53. The second-order valence-corrected chi connectivity index (χ2v) is 8.75. The fraction of sp³-hybridized carbons (Fsp3) is 0.500. The van der Waals surface area contributed by atoms with Gasteiger partial charge in [0.2, 0.25) is 11.0 Å². The molecule has 1 aliphatic rings. The molecular formula is C24H30N4O8S. The maximum absolute atomic E-state index is 12.0. The lowest BCUT2D eigenvalue weighted by atomic mass is 10.1. The molecule has 0 amide bonds. The topological polar surface area (TPSA) is 150 Å². The molecule has 12 nitrogen and oxygen atoms in total. The van der Waals surface area contributed by atoms with Crippen molar-refractivity contribution in [3.05, 3.63) is 24.3 Å². The third kappa shape index (κ3) is 6.80. The average molecular weight is 535 g/mol. The van der Waals surface area contributed by atoms with Gasteiger partial charge in [-0.3, -0.25) is 19.0 Å². The van der Waals surface area contributed by atoms with Crippen molar-refractivity contribution < 1.29 is 38.4 Å². The summed E-state index contributed by atoms with van der Waals surface area (Å²) in [6.07, 6.45) is -2.54. The predicted molar refractivity (Wildman–Crippen MR) is 135 cm³/mol. The predicted octanol–water partition coefficient (Wildman–Crippen LogP) is 3.43. The number of aromatic hydroxyl groups is 1. The monoisotopic (exact) mass is 534 g/mol. The maximum Gasteiger partial charge on any atom is 0.303 e. The number of carbonyl (C=O) groups is 3. The Morgan fingerprint density at radius 2 is 1.78 bits per heavy atom. The molecule has 1 aromatic heterocycles. The van der Waals surface area contributed by atoms with Gasteiger partial charge in [0.1, 0.15) is 12.7 Å². The van der Waals surface area contributed by atoms with Gasteiger partial charge in [0.25, 0.3) is 0 Å². The first-order chi connectivity index (χ1) is 17.6. The summed E-state index contributed by atoms with van der Waals surface area (Å²) in [5.41, 5.74) is 0.601. The van der Waals surface area contributed by atoms with Crippen molar-refractivity contribution in [2.75, 3.05) is 13.2 Å². The van der Waals surface area contributed by atoms with Crippen LogP contribution >= 0.6 is 12.2 Å². The van der Waals surface area contributed by atoms with Gasteiger partial charge in [-0.2, -0.15) is 0 Å². The number of para-hydroxylation sites is 1. The molecule has 37 heavy (non-hydrogen) atoms. The number of fused-ring (bicyclic) bond motifs is 1. The highest BCUT2D eigenvalue weighted by Gasteiger charge is 2.51. The van der Waals surface area contributed by atoms with E-state index in [0.29, 0.717) is 17.4 Å². The van der Waals surface area contributed by atoms with E-state index in [1.165, 1.54) is 25.3 Å². The second-order valence-electron chi connectivity index (χ2n) is 8.36. The molecule has 4 atom stereocenters. The lowest BCUT2D eigenvalue weighted by Gasteiger charge is -2.24. The molecule has 2 heterocycles. The van der Waals surface area contributed by atoms with Crippen LogP contribution in [0.4, 0.5) is 5.69 Å². The first-order valence-corrected chi connectivity index (χ1v) is 12.2. The first-order valence-electron chi connectivity index (χ1n) is 11.8. The molecule has 1 aromatic carbocycles. The average Bonchev–Trinajstić information content (AvgIpc) is 3.29. The molecule has 0 spiro atoms. The first kappa shape index (κ1) is 28.0. The summed E-state index contributed by atoms with van der Waals surface area (Å²) >= 11 is 5.20. The van der Waals surface area contributed by atoms with Gasteiger partial charge in [-0.25, -0.2) is 0 Å². The summed E-state index contributed by atoms with van der Waals surface area (Å²) < 4.78 is 23.4. The molecule has 1 aliphatic heterocycles. The van der Waals surface area contributed by atoms with Gasteiger partial charge in [-0.05, 0) is 24.7 Å². The van der Waals surface area contributed by atoms with Gasteiger partial charge in [-0.1, -0.05) is 31.5 Å². The lowest BCUT2D eigenvalue weighted by molar-refractivity contribution is -0.166. The number of hydrogen-bond acceptors (Lipinski definition) is 10. The van der Waals surface area contributed by atoms with Crippen LogP contribution in [0.1, 0.15) is 46.8 Å². The molecule has 13 heteroatoms. The standard InChI is InChI=1S/C24H30N4O8S/c1-5-6-11-25-24(37)27-26-19-16-9-7-8-10-17(16)28(22(19)32)23-21(35-15(4)31)20(34-14(3)30)18(36-23)12-33-13(2)29/h7-10,18,20-21,23,32H,5-6,11-12H2,1-4H3,(H,25,37)/t18-,20-,21-,23-/m1/s1. The number of azo groups is 1. The van der Waals surface area contributed by atoms with Crippen molar-refractivity contribution in [1.29, 1.82) is 0 Å². The van der Waals surface area contributed by atoms with Crippen LogP contribution in [0.15, 0.2) is 34.5 Å². The van der Waals surface area contributed by atoms with Gasteiger partial charge < -0.3 is 29.4 Å². The zero-order chi connectivity index (χ0) is 27.1. The normalized spacial score (nSPS) is 21.2. The fourth-order valence-corrected chi connectivity index (χ4v) is 4.14. The van der Waals surface area contributed by atoms with Crippen molar-refractivity contribution in [1.82, 2.24) is 9.88 Å². The quantitative estimate of drug-likeness (QED) is 0.161. The Morgan fingerprint density at radius 1 is 1.11 bits per heavy atom. The summed E-state index contributed by atoms with van der Waals surface area (Å²) in [4.78, 5) is 35.3. The number of rotatable bonds is 9. The van der Waals surface area contributed by atoms with Crippen molar-refractivity contribution in [3.8, 4) is 5.88 Å². The van der Waals surface area contributed by atoms with Crippen molar-refractivity contribution >= 4 is 51.8 Å². The Bertz CT molecular complexity index is 1200. The molecule has 0 aliphatic carbocycles. The number of nitrogens with one attached hydrogen (secondary N) is 1. The zero-order valence-corrected chi connectivity index (χ0v) is 21.8. The number of carbonyl (C=O) groups excluding carboxylic acids is 3. The van der Waals surface area contributed by atoms with E-state index in [9.17, 15) is 19.5 Å². The smallest absolute Gasteiger partial charge is 0.303 e. The molecule has 0 radical (unpaired) electrons. The number of hydrogen-bond donors (Lipinski definition) is 2. The number of aromatic nitrogens is 1. The van der Waals surface area contributed by atoms with E-state index in [1.807, 2.05) is 0 Å². The van der Waals surface area contributed by atoms with E-state index in [0.717, 1.165) is 12.8 Å². The maximum atomic E-state index is 12.0. The minimum atomic E-state index is -1.18. The SMILES string of the molecule is CCCCNC(=S)N=Nc1c(O)n([C@@H]2O[C@H](COC(C)=O)[C@@H](OC(C)=O)[C@H]2OC(C)=O)c2ccccc12.